The van der Waals surface area contributed by atoms with Gasteiger partial charge in [-0.15, -0.1) is 0 Å². The predicted octanol–water partition coefficient (Wildman–Crippen LogP) is 2.27. The van der Waals surface area contributed by atoms with Crippen LogP contribution in [0.5, 0.6) is 0 Å². The summed E-state index contributed by atoms with van der Waals surface area (Å²) in [7, 11) is -1.86. The molecule has 0 spiro atoms. The van der Waals surface area contributed by atoms with Gasteiger partial charge in [0.15, 0.2) is 0 Å². The molecule has 0 aliphatic carbocycles. The lowest BCUT2D eigenvalue weighted by Crippen LogP contribution is -2.42. The molecule has 1 unspecified atom stereocenters. The zero-order valence-corrected chi connectivity index (χ0v) is 20.6. The van der Waals surface area contributed by atoms with Crippen LogP contribution in [0.3, 0.4) is 0 Å². The van der Waals surface area contributed by atoms with Crippen molar-refractivity contribution in [2.24, 2.45) is 13.0 Å². The highest BCUT2D eigenvalue weighted by atomic mass is 32.2. The standard InChI is InChI=1S/C24H33N5O4S/c1-18-6-3-4-11-29(18)34(32,33)22-8-5-7-20(14-22)24(31)28-12-9-19(10-13-28)15-25-23(30)21-16-26-27(2)17-21/h5,7-8,14,16-19H,3-4,6,9-13,15H2,1-2H3,(H,25,30). The Morgan fingerprint density at radius 2 is 1.85 bits per heavy atom. The van der Waals surface area contributed by atoms with Gasteiger partial charge >= 0.3 is 0 Å². The summed E-state index contributed by atoms with van der Waals surface area (Å²) in [5.74, 6) is -0.00813. The lowest BCUT2D eigenvalue weighted by molar-refractivity contribution is 0.0684. The normalized spacial score (nSPS) is 20.3. The molecule has 184 valence electrons. The third-order valence-corrected chi connectivity index (χ3v) is 8.86. The second-order valence-corrected chi connectivity index (χ2v) is 11.2. The van der Waals surface area contributed by atoms with Crippen molar-refractivity contribution < 1.29 is 18.0 Å². The van der Waals surface area contributed by atoms with E-state index in [2.05, 4.69) is 10.4 Å². The molecule has 0 radical (unpaired) electrons. The third-order valence-electron chi connectivity index (χ3n) is 6.85. The number of likely N-dealkylation sites (tertiary alicyclic amines) is 1. The smallest absolute Gasteiger partial charge is 0.254 e. The van der Waals surface area contributed by atoms with E-state index in [0.717, 1.165) is 32.1 Å². The zero-order chi connectivity index (χ0) is 24.3. The number of nitrogens with one attached hydrogen (secondary N) is 1. The van der Waals surface area contributed by atoms with Gasteiger partial charge < -0.3 is 10.2 Å². The average molecular weight is 488 g/mol. The molecule has 2 aliphatic heterocycles. The number of nitrogens with zero attached hydrogens (tertiary/aromatic N) is 4. The number of benzene rings is 1. The van der Waals surface area contributed by atoms with Gasteiger partial charge in [-0.3, -0.25) is 14.3 Å². The number of aryl methyl sites for hydroxylation is 1. The number of hydrogen-bond donors (Lipinski definition) is 1. The Morgan fingerprint density at radius 3 is 2.53 bits per heavy atom. The molecule has 0 bridgehead atoms. The van der Waals surface area contributed by atoms with Crippen molar-refractivity contribution in [1.82, 2.24) is 24.3 Å². The molecule has 1 aromatic heterocycles. The van der Waals surface area contributed by atoms with E-state index in [-0.39, 0.29) is 28.7 Å². The van der Waals surface area contributed by atoms with Crippen molar-refractivity contribution in [3.05, 3.63) is 47.8 Å². The third kappa shape index (κ3) is 5.33. The monoisotopic (exact) mass is 487 g/mol. The summed E-state index contributed by atoms with van der Waals surface area (Å²) in [6.45, 7) is 4.16. The van der Waals surface area contributed by atoms with Gasteiger partial charge in [-0.25, -0.2) is 8.42 Å². The maximum Gasteiger partial charge on any atom is 0.254 e. The minimum absolute atomic E-state index is 0.0317. The minimum Gasteiger partial charge on any atom is -0.352 e. The molecular formula is C24H33N5O4S. The Labute approximate surface area is 201 Å². The second-order valence-electron chi connectivity index (χ2n) is 9.34. The number of aromatic nitrogens is 2. The van der Waals surface area contributed by atoms with Gasteiger partial charge in [-0.1, -0.05) is 12.5 Å². The van der Waals surface area contributed by atoms with Crippen LogP contribution in [-0.4, -0.2) is 71.4 Å². The predicted molar refractivity (Wildman–Crippen MR) is 128 cm³/mol. The highest BCUT2D eigenvalue weighted by molar-refractivity contribution is 7.89. The van der Waals surface area contributed by atoms with E-state index >= 15 is 0 Å². The Bertz CT molecular complexity index is 1140. The summed E-state index contributed by atoms with van der Waals surface area (Å²) < 4.78 is 29.5. The van der Waals surface area contributed by atoms with E-state index < -0.39 is 10.0 Å². The summed E-state index contributed by atoms with van der Waals surface area (Å²) in [6.07, 6.45) is 7.53. The van der Waals surface area contributed by atoms with Gasteiger partial charge in [-0.2, -0.15) is 9.40 Å². The zero-order valence-electron chi connectivity index (χ0n) is 19.8. The first kappa shape index (κ1) is 24.4. The molecular weight excluding hydrogens is 454 g/mol. The van der Waals surface area contributed by atoms with E-state index in [4.69, 9.17) is 0 Å². The van der Waals surface area contributed by atoms with E-state index in [1.807, 2.05) is 6.92 Å². The van der Waals surface area contributed by atoms with Crippen LogP contribution < -0.4 is 5.32 Å². The van der Waals surface area contributed by atoms with Crippen molar-refractivity contribution in [3.63, 3.8) is 0 Å². The Morgan fingerprint density at radius 1 is 1.09 bits per heavy atom. The maximum atomic E-state index is 13.2. The second kappa shape index (κ2) is 10.3. The molecule has 2 saturated heterocycles. The largest absolute Gasteiger partial charge is 0.352 e. The van der Waals surface area contributed by atoms with Crippen LogP contribution in [0.2, 0.25) is 0 Å². The molecule has 1 aromatic carbocycles. The highest BCUT2D eigenvalue weighted by Crippen LogP contribution is 2.26. The summed E-state index contributed by atoms with van der Waals surface area (Å²) in [4.78, 5) is 27.3. The minimum atomic E-state index is -3.63. The molecule has 1 atom stereocenters. The quantitative estimate of drug-likeness (QED) is 0.673. The molecule has 2 aliphatic rings. The number of amides is 2. The SMILES string of the molecule is CC1CCCCN1S(=O)(=O)c1cccc(C(=O)N2CCC(CNC(=O)c3cnn(C)c3)CC2)c1. The van der Waals surface area contributed by atoms with E-state index in [0.29, 0.717) is 37.3 Å². The lowest BCUT2D eigenvalue weighted by atomic mass is 9.96. The molecule has 2 aromatic rings. The van der Waals surface area contributed by atoms with Gasteiger partial charge in [0.25, 0.3) is 11.8 Å². The maximum absolute atomic E-state index is 13.2. The first-order valence-corrected chi connectivity index (χ1v) is 13.4. The number of piperidine rings is 2. The summed E-state index contributed by atoms with van der Waals surface area (Å²) in [6, 6.07) is 6.39. The first-order chi connectivity index (χ1) is 16.3. The van der Waals surface area contributed by atoms with Crippen LogP contribution in [0.4, 0.5) is 0 Å². The van der Waals surface area contributed by atoms with Crippen LogP contribution in [0, 0.1) is 5.92 Å². The fourth-order valence-corrected chi connectivity index (χ4v) is 6.50. The van der Waals surface area contributed by atoms with Gasteiger partial charge in [0.2, 0.25) is 10.0 Å². The van der Waals surface area contributed by atoms with Crippen molar-refractivity contribution in [2.45, 2.75) is 50.0 Å². The van der Waals surface area contributed by atoms with E-state index in [9.17, 15) is 18.0 Å². The van der Waals surface area contributed by atoms with E-state index in [1.54, 1.807) is 45.3 Å². The topological polar surface area (TPSA) is 105 Å². The fraction of sp³-hybridized carbons (Fsp3) is 0.542. The Hall–Kier alpha value is -2.72. The average Bonchev–Trinajstić information content (AvgIpc) is 3.29. The van der Waals surface area contributed by atoms with Crippen molar-refractivity contribution in [3.8, 4) is 0 Å². The molecule has 10 heteroatoms. The highest BCUT2D eigenvalue weighted by Gasteiger charge is 2.32. The Kier molecular flexibility index (Phi) is 7.37. The molecule has 34 heavy (non-hydrogen) atoms. The van der Waals surface area contributed by atoms with Crippen molar-refractivity contribution in [1.29, 1.82) is 0 Å². The lowest BCUT2D eigenvalue weighted by Gasteiger charge is -2.33. The molecule has 2 amide bonds. The number of sulfonamides is 1. The number of hydrogen-bond acceptors (Lipinski definition) is 5. The van der Waals surface area contributed by atoms with Crippen LogP contribution >= 0.6 is 0 Å². The van der Waals surface area contributed by atoms with Crippen LogP contribution in [0.1, 0.15) is 59.7 Å². The van der Waals surface area contributed by atoms with Crippen molar-refractivity contribution >= 4 is 21.8 Å². The Balaban J connectivity index is 1.34. The molecule has 2 fully saturated rings. The van der Waals surface area contributed by atoms with Crippen LogP contribution in [0.15, 0.2) is 41.6 Å². The van der Waals surface area contributed by atoms with Gasteiger partial charge in [0, 0.05) is 51.0 Å². The summed E-state index contributed by atoms with van der Waals surface area (Å²) >= 11 is 0. The summed E-state index contributed by atoms with van der Waals surface area (Å²) in [5.41, 5.74) is 0.929. The van der Waals surface area contributed by atoms with Crippen molar-refractivity contribution in [2.75, 3.05) is 26.2 Å². The van der Waals surface area contributed by atoms with Gasteiger partial charge in [0.05, 0.1) is 16.7 Å². The molecule has 3 heterocycles. The first-order valence-electron chi connectivity index (χ1n) is 11.9. The number of rotatable bonds is 6. The van der Waals surface area contributed by atoms with E-state index in [1.165, 1.54) is 12.3 Å². The molecule has 9 nitrogen and oxygen atoms in total. The molecule has 1 N–H and O–H groups in total. The van der Waals surface area contributed by atoms with Crippen LogP contribution in [0.25, 0.3) is 0 Å². The fourth-order valence-electron chi connectivity index (χ4n) is 4.75. The van der Waals surface area contributed by atoms with Gasteiger partial charge in [0.1, 0.15) is 0 Å². The van der Waals surface area contributed by atoms with Gasteiger partial charge in [-0.05, 0) is 56.7 Å². The van der Waals surface area contributed by atoms with Crippen LogP contribution in [-0.2, 0) is 17.1 Å². The molecule has 4 rings (SSSR count). The number of carbonyl (C=O) groups is 2. The molecule has 0 saturated carbocycles. The summed E-state index contributed by atoms with van der Waals surface area (Å²) in [5, 5.41) is 6.96. The number of carbonyl (C=O) groups excluding carboxylic acids is 2.